The van der Waals surface area contributed by atoms with Crippen LogP contribution in [-0.4, -0.2) is 16.6 Å². The van der Waals surface area contributed by atoms with Crippen molar-refractivity contribution in [2.24, 2.45) is 0 Å². The minimum atomic E-state index is -0.113. The molecule has 5 heteroatoms. The summed E-state index contributed by atoms with van der Waals surface area (Å²) >= 11 is 0. The lowest BCUT2D eigenvalue weighted by molar-refractivity contribution is 0.479. The lowest BCUT2D eigenvalue weighted by Gasteiger charge is -2.27. The molecule has 1 N–H and O–H groups in total. The number of anilines is 4. The molecule has 7 aromatic rings. The highest BCUT2D eigenvalue weighted by Crippen LogP contribution is 2.42. The lowest BCUT2D eigenvalue weighted by atomic mass is 9.84. The molecule has 0 spiro atoms. The largest absolute Gasteiger partial charge is 0.457 e. The molecular weight excluding hydrogens is 733 g/mol. The van der Waals surface area contributed by atoms with Crippen LogP contribution in [0.5, 0.6) is 11.5 Å². The van der Waals surface area contributed by atoms with Gasteiger partial charge in [0.2, 0.25) is 0 Å². The number of aromatic nitrogens is 2. The molecule has 0 aliphatic carbocycles. The van der Waals surface area contributed by atoms with Crippen molar-refractivity contribution >= 4 is 44.6 Å². The molecule has 312 valence electrons. The molecule has 0 aliphatic rings. The van der Waals surface area contributed by atoms with Crippen molar-refractivity contribution in [3.63, 3.8) is 0 Å². The van der Waals surface area contributed by atoms with Crippen LogP contribution in [0.15, 0.2) is 115 Å². The lowest BCUT2D eigenvalue weighted by Crippen LogP contribution is -2.16. The summed E-state index contributed by atoms with van der Waals surface area (Å²) < 4.78 is 9.24. The predicted octanol–water partition coefficient (Wildman–Crippen LogP) is 15.8. The van der Waals surface area contributed by atoms with Gasteiger partial charge in [-0.1, -0.05) is 127 Å². The SMILES string of the molecule is CC(C)c1cc(Nc2ccccc2N(C)c2cc(Oc3ccc4c5ccc(C(C)(C)C)cc5n(-c5cc(C(C)(C)C)ccn5)c4c3)cc(C(C)(C)C)c2)cc(C(C)(C)C)c1. The first-order valence-electron chi connectivity index (χ1n) is 21.6. The number of rotatable bonds is 8. The first-order chi connectivity index (χ1) is 28.0. The molecule has 60 heavy (non-hydrogen) atoms. The van der Waals surface area contributed by atoms with Crippen LogP contribution >= 0.6 is 0 Å². The monoisotopic (exact) mass is 799 g/mol. The van der Waals surface area contributed by atoms with Gasteiger partial charge in [-0.2, -0.15) is 0 Å². The van der Waals surface area contributed by atoms with E-state index >= 15 is 0 Å². The summed E-state index contributed by atoms with van der Waals surface area (Å²) in [4.78, 5) is 7.24. The van der Waals surface area contributed by atoms with Crippen LogP contribution < -0.4 is 15.0 Å². The van der Waals surface area contributed by atoms with Crippen LogP contribution in [0.2, 0.25) is 0 Å². The number of benzene rings is 5. The van der Waals surface area contributed by atoms with Gasteiger partial charge < -0.3 is 15.0 Å². The van der Waals surface area contributed by atoms with Gasteiger partial charge in [0.05, 0.1) is 22.4 Å². The summed E-state index contributed by atoms with van der Waals surface area (Å²) in [5.41, 5.74) is 12.8. The van der Waals surface area contributed by atoms with Gasteiger partial charge in [-0.25, -0.2) is 4.98 Å². The van der Waals surface area contributed by atoms with E-state index in [1.807, 2.05) is 6.20 Å². The van der Waals surface area contributed by atoms with Gasteiger partial charge in [-0.15, -0.1) is 0 Å². The second kappa shape index (κ2) is 15.5. The normalized spacial score (nSPS) is 12.7. The molecule has 0 amide bonds. The standard InChI is InChI=1S/C55H66N4O/c1-35(2)36-26-39(54(9,10)11)28-41(27-36)57-47-18-16-17-19-48(47)58(15)42-29-40(55(12,13)14)30-44(33-42)60-43-21-23-46-45-22-20-37(52(3,4)5)31-49(45)59(50(46)34-43)51-32-38(24-25-56-51)53(6,7)8/h16-35,57H,1-15H3. The topological polar surface area (TPSA) is 42.3 Å². The zero-order valence-corrected chi connectivity index (χ0v) is 38.8. The molecule has 0 radical (unpaired) electrons. The number of para-hydroxylation sites is 2. The molecule has 0 fully saturated rings. The van der Waals surface area contributed by atoms with Gasteiger partial charge in [0.1, 0.15) is 17.3 Å². The summed E-state index contributed by atoms with van der Waals surface area (Å²) in [6.45, 7) is 31.7. The highest BCUT2D eigenvalue weighted by Gasteiger charge is 2.23. The van der Waals surface area contributed by atoms with E-state index in [0.717, 1.165) is 51.1 Å². The van der Waals surface area contributed by atoms with Gasteiger partial charge in [0.15, 0.2) is 0 Å². The average molecular weight is 799 g/mol. The number of ether oxygens (including phenoxy) is 1. The number of fused-ring (bicyclic) bond motifs is 3. The highest BCUT2D eigenvalue weighted by molar-refractivity contribution is 6.09. The third-order valence-electron chi connectivity index (χ3n) is 11.9. The highest BCUT2D eigenvalue weighted by atomic mass is 16.5. The molecular formula is C55H66N4O. The Balaban J connectivity index is 1.31. The molecule has 2 heterocycles. The molecule has 5 nitrogen and oxygen atoms in total. The number of hydrogen-bond acceptors (Lipinski definition) is 4. The fraction of sp³-hybridized carbons (Fsp3) is 0.364. The molecule has 2 aromatic heterocycles. The minimum absolute atomic E-state index is 0.00141. The molecule has 0 saturated carbocycles. The molecule has 0 atom stereocenters. The molecule has 0 saturated heterocycles. The van der Waals surface area contributed by atoms with Crippen LogP contribution in [0, 0.1) is 0 Å². The summed E-state index contributed by atoms with van der Waals surface area (Å²) in [7, 11) is 2.15. The Bertz CT molecular complexity index is 2690. The van der Waals surface area contributed by atoms with Crippen molar-refractivity contribution in [2.75, 3.05) is 17.3 Å². The first kappa shape index (κ1) is 42.6. The Morgan fingerprint density at radius 3 is 1.82 bits per heavy atom. The van der Waals surface area contributed by atoms with E-state index in [-0.39, 0.29) is 21.7 Å². The van der Waals surface area contributed by atoms with Crippen LogP contribution in [-0.2, 0) is 21.7 Å². The van der Waals surface area contributed by atoms with Crippen LogP contribution in [0.3, 0.4) is 0 Å². The fourth-order valence-corrected chi connectivity index (χ4v) is 7.84. The van der Waals surface area contributed by atoms with Crippen molar-refractivity contribution in [3.05, 3.63) is 143 Å². The Kier molecular flexibility index (Phi) is 11.0. The first-order valence-corrected chi connectivity index (χ1v) is 21.6. The fourth-order valence-electron chi connectivity index (χ4n) is 7.84. The van der Waals surface area contributed by atoms with Crippen molar-refractivity contribution in [3.8, 4) is 17.3 Å². The van der Waals surface area contributed by atoms with E-state index < -0.39 is 0 Å². The van der Waals surface area contributed by atoms with Crippen LogP contribution in [0.25, 0.3) is 27.6 Å². The summed E-state index contributed by atoms with van der Waals surface area (Å²) in [5.74, 6) is 2.89. The summed E-state index contributed by atoms with van der Waals surface area (Å²) in [5, 5.41) is 6.19. The Morgan fingerprint density at radius 2 is 1.17 bits per heavy atom. The molecule has 7 rings (SSSR count). The number of pyridine rings is 1. The Morgan fingerprint density at radius 1 is 0.567 bits per heavy atom. The van der Waals surface area contributed by atoms with Gasteiger partial charge >= 0.3 is 0 Å². The minimum Gasteiger partial charge on any atom is -0.457 e. The van der Waals surface area contributed by atoms with Crippen molar-refractivity contribution in [1.82, 2.24) is 9.55 Å². The predicted molar refractivity (Wildman–Crippen MR) is 258 cm³/mol. The summed E-state index contributed by atoms with van der Waals surface area (Å²) in [6, 6.07) is 39.9. The Labute approximate surface area is 359 Å². The van der Waals surface area contributed by atoms with Crippen LogP contribution in [0.4, 0.5) is 22.7 Å². The quantitative estimate of drug-likeness (QED) is 0.166. The zero-order valence-electron chi connectivity index (χ0n) is 38.8. The zero-order chi connectivity index (χ0) is 43.5. The molecule has 0 aliphatic heterocycles. The number of nitrogens with zero attached hydrogens (tertiary/aromatic N) is 3. The van der Waals surface area contributed by atoms with Crippen molar-refractivity contribution in [1.29, 1.82) is 0 Å². The molecule has 0 bridgehead atoms. The van der Waals surface area contributed by atoms with E-state index in [4.69, 9.17) is 9.72 Å². The van der Waals surface area contributed by atoms with E-state index in [9.17, 15) is 0 Å². The van der Waals surface area contributed by atoms with Gasteiger partial charge in [0, 0.05) is 47.5 Å². The maximum atomic E-state index is 6.92. The van der Waals surface area contributed by atoms with Gasteiger partial charge in [-0.3, -0.25) is 4.57 Å². The second-order valence-corrected chi connectivity index (χ2v) is 21.2. The van der Waals surface area contributed by atoms with E-state index in [1.165, 1.54) is 38.6 Å². The van der Waals surface area contributed by atoms with Crippen molar-refractivity contribution in [2.45, 2.75) is 125 Å². The number of nitrogens with one attached hydrogen (secondary N) is 1. The smallest absolute Gasteiger partial charge is 0.137 e. The van der Waals surface area contributed by atoms with E-state index in [1.54, 1.807) is 0 Å². The maximum Gasteiger partial charge on any atom is 0.137 e. The maximum absolute atomic E-state index is 6.92. The van der Waals surface area contributed by atoms with E-state index in [0.29, 0.717) is 5.92 Å². The third kappa shape index (κ3) is 8.82. The Hall–Kier alpha value is -5.55. The average Bonchev–Trinajstić information content (AvgIpc) is 3.49. The molecule has 5 aromatic carbocycles. The summed E-state index contributed by atoms with van der Waals surface area (Å²) in [6.07, 6.45) is 1.94. The van der Waals surface area contributed by atoms with Gasteiger partial charge in [0.25, 0.3) is 0 Å². The molecule has 0 unspecified atom stereocenters. The van der Waals surface area contributed by atoms with Crippen molar-refractivity contribution < 1.29 is 4.74 Å². The van der Waals surface area contributed by atoms with Gasteiger partial charge in [-0.05, 0) is 122 Å². The number of hydrogen-bond donors (Lipinski definition) is 1. The van der Waals surface area contributed by atoms with E-state index in [2.05, 4.69) is 228 Å². The second-order valence-electron chi connectivity index (χ2n) is 21.2. The third-order valence-corrected chi connectivity index (χ3v) is 11.9. The van der Waals surface area contributed by atoms with Crippen LogP contribution in [0.1, 0.15) is 131 Å².